The number of carbonyl (C=O) groups is 3. The van der Waals surface area contributed by atoms with Gasteiger partial charge in [-0.2, -0.15) is 5.26 Å². The molecule has 1 fully saturated rings. The molecule has 2 heterocycles. The maximum Gasteiger partial charge on any atom is 0.257 e. The number of nitriles is 1. The lowest BCUT2D eigenvalue weighted by atomic mass is 10.0. The third kappa shape index (κ3) is 4.08. The second-order valence-electron chi connectivity index (χ2n) is 8.38. The zero-order valence-electron chi connectivity index (χ0n) is 18.9. The van der Waals surface area contributed by atoms with Crippen molar-refractivity contribution in [3.8, 4) is 17.6 Å². The van der Waals surface area contributed by atoms with Gasteiger partial charge in [0.25, 0.3) is 11.8 Å². The molecule has 1 saturated heterocycles. The summed E-state index contributed by atoms with van der Waals surface area (Å²) >= 11 is 0. The smallest absolute Gasteiger partial charge is 0.257 e. The molecule has 0 spiro atoms. The monoisotopic (exact) mass is 467 g/mol. The Morgan fingerprint density at radius 3 is 2.54 bits per heavy atom. The summed E-state index contributed by atoms with van der Waals surface area (Å²) in [5.74, 6) is -0.0441. The van der Waals surface area contributed by atoms with E-state index in [9.17, 15) is 14.4 Å². The van der Waals surface area contributed by atoms with Crippen LogP contribution < -0.4 is 14.4 Å². The van der Waals surface area contributed by atoms with Gasteiger partial charge in [0.15, 0.2) is 11.5 Å². The van der Waals surface area contributed by atoms with Crippen molar-refractivity contribution in [2.45, 2.75) is 25.9 Å². The minimum Gasteiger partial charge on any atom is -0.454 e. The van der Waals surface area contributed by atoms with Crippen LogP contribution in [0.25, 0.3) is 0 Å². The summed E-state index contributed by atoms with van der Waals surface area (Å²) in [5.41, 5.74) is 2.77. The zero-order valence-corrected chi connectivity index (χ0v) is 18.9. The van der Waals surface area contributed by atoms with Gasteiger partial charge in [-0.05, 0) is 60.5 Å². The molecule has 8 nitrogen and oxygen atoms in total. The summed E-state index contributed by atoms with van der Waals surface area (Å²) in [6.07, 6.45) is -0.138. The number of carbonyl (C=O) groups excluding carboxylic acids is 3. The SMILES string of the molecule is Cc1ccccc1C(=O)N(Cc1ccc2c(c1)OCO2)C1CC(=O)N(c2ccc(C#N)cc2)C1=O. The molecule has 0 saturated carbocycles. The number of hydrogen-bond donors (Lipinski definition) is 0. The standard InChI is InChI=1S/C27H21N3O5/c1-17-4-2-3-5-21(17)26(32)29(15-19-8-11-23-24(12-19)35-16-34-23)22-13-25(31)30(27(22)33)20-9-6-18(14-28)7-10-20/h2-12,22H,13,15-16H2,1H3. The molecule has 0 radical (unpaired) electrons. The normalized spacial score (nSPS) is 16.3. The summed E-state index contributed by atoms with van der Waals surface area (Å²) in [6.45, 7) is 2.06. The molecule has 3 amide bonds. The Balaban J connectivity index is 1.50. The Morgan fingerprint density at radius 1 is 1.06 bits per heavy atom. The van der Waals surface area contributed by atoms with Crippen molar-refractivity contribution in [3.05, 3.63) is 89.0 Å². The molecule has 2 aliphatic heterocycles. The first-order chi connectivity index (χ1) is 17.0. The van der Waals surface area contributed by atoms with Crippen molar-refractivity contribution in [1.29, 1.82) is 5.26 Å². The Morgan fingerprint density at radius 2 is 1.80 bits per heavy atom. The molecule has 0 aromatic heterocycles. The number of hydrogen-bond acceptors (Lipinski definition) is 6. The van der Waals surface area contributed by atoms with Crippen LogP contribution in [-0.4, -0.2) is 35.5 Å². The number of ether oxygens (including phenoxy) is 2. The summed E-state index contributed by atoms with van der Waals surface area (Å²) in [7, 11) is 0. The number of fused-ring (bicyclic) bond motifs is 1. The van der Waals surface area contributed by atoms with E-state index < -0.39 is 17.9 Å². The fourth-order valence-corrected chi connectivity index (χ4v) is 4.34. The Bertz CT molecular complexity index is 1380. The van der Waals surface area contributed by atoms with E-state index in [4.69, 9.17) is 14.7 Å². The van der Waals surface area contributed by atoms with Crippen molar-refractivity contribution in [3.63, 3.8) is 0 Å². The molecule has 1 atom stereocenters. The van der Waals surface area contributed by atoms with E-state index in [1.54, 1.807) is 48.5 Å². The van der Waals surface area contributed by atoms with E-state index in [0.717, 1.165) is 16.0 Å². The van der Waals surface area contributed by atoms with Crippen LogP contribution in [-0.2, 0) is 16.1 Å². The topological polar surface area (TPSA) is 99.9 Å². The maximum atomic E-state index is 13.7. The third-order valence-corrected chi connectivity index (χ3v) is 6.18. The van der Waals surface area contributed by atoms with Crippen molar-refractivity contribution < 1.29 is 23.9 Å². The van der Waals surface area contributed by atoms with Crippen LogP contribution in [0.2, 0.25) is 0 Å². The van der Waals surface area contributed by atoms with Crippen LogP contribution in [0, 0.1) is 18.3 Å². The first kappa shape index (κ1) is 22.2. The molecule has 3 aromatic rings. The lowest BCUT2D eigenvalue weighted by molar-refractivity contribution is -0.122. The van der Waals surface area contributed by atoms with Gasteiger partial charge in [-0.1, -0.05) is 24.3 Å². The zero-order chi connectivity index (χ0) is 24.5. The lowest BCUT2D eigenvalue weighted by Gasteiger charge is -2.28. The Labute approximate surface area is 201 Å². The summed E-state index contributed by atoms with van der Waals surface area (Å²) < 4.78 is 10.8. The van der Waals surface area contributed by atoms with E-state index in [2.05, 4.69) is 0 Å². The van der Waals surface area contributed by atoms with Gasteiger partial charge in [-0.3, -0.25) is 14.4 Å². The predicted octanol–water partition coefficient (Wildman–Crippen LogP) is 3.57. The Hall–Kier alpha value is -4.64. The van der Waals surface area contributed by atoms with E-state index in [1.807, 2.05) is 31.2 Å². The van der Waals surface area contributed by atoms with Gasteiger partial charge in [-0.15, -0.1) is 0 Å². The van der Waals surface area contributed by atoms with Gasteiger partial charge in [0.2, 0.25) is 12.7 Å². The number of imide groups is 1. The van der Waals surface area contributed by atoms with Gasteiger partial charge in [0.05, 0.1) is 23.7 Å². The first-order valence-electron chi connectivity index (χ1n) is 11.1. The highest BCUT2D eigenvalue weighted by Gasteiger charge is 2.44. The van der Waals surface area contributed by atoms with E-state index >= 15 is 0 Å². The lowest BCUT2D eigenvalue weighted by Crippen LogP contribution is -2.45. The van der Waals surface area contributed by atoms with Gasteiger partial charge < -0.3 is 14.4 Å². The molecular weight excluding hydrogens is 446 g/mol. The van der Waals surface area contributed by atoms with Crippen molar-refractivity contribution >= 4 is 23.4 Å². The number of aryl methyl sites for hydroxylation is 1. The fraction of sp³-hybridized carbons (Fsp3) is 0.185. The highest BCUT2D eigenvalue weighted by Crippen LogP contribution is 2.34. The maximum absolute atomic E-state index is 13.7. The Kier molecular flexibility index (Phi) is 5.67. The highest BCUT2D eigenvalue weighted by atomic mass is 16.7. The van der Waals surface area contributed by atoms with Gasteiger partial charge in [-0.25, -0.2) is 4.90 Å². The number of nitrogens with zero attached hydrogens (tertiary/aromatic N) is 3. The molecule has 174 valence electrons. The summed E-state index contributed by atoms with van der Waals surface area (Å²) in [6, 6.07) is 19.8. The average Bonchev–Trinajstić information content (AvgIpc) is 3.45. The highest BCUT2D eigenvalue weighted by molar-refractivity contribution is 6.23. The largest absolute Gasteiger partial charge is 0.454 e. The number of rotatable bonds is 5. The second kappa shape index (κ2) is 8.95. The molecule has 2 aliphatic rings. The average molecular weight is 467 g/mol. The van der Waals surface area contributed by atoms with E-state index in [1.165, 1.54) is 4.90 Å². The molecule has 35 heavy (non-hydrogen) atoms. The minimum absolute atomic E-state index is 0.106. The molecule has 0 N–H and O–H groups in total. The van der Waals surface area contributed by atoms with E-state index in [-0.39, 0.29) is 25.7 Å². The van der Waals surface area contributed by atoms with Crippen molar-refractivity contribution in [2.75, 3.05) is 11.7 Å². The van der Waals surface area contributed by atoms with Crippen molar-refractivity contribution in [2.24, 2.45) is 0 Å². The molecular formula is C27H21N3O5. The van der Waals surface area contributed by atoms with Gasteiger partial charge in [0, 0.05) is 12.1 Å². The molecule has 0 aliphatic carbocycles. The number of amides is 3. The van der Waals surface area contributed by atoms with Crippen LogP contribution in [0.5, 0.6) is 11.5 Å². The van der Waals surface area contributed by atoms with Crippen LogP contribution in [0.15, 0.2) is 66.7 Å². The number of anilines is 1. The first-order valence-corrected chi connectivity index (χ1v) is 11.1. The molecule has 5 rings (SSSR count). The second-order valence-corrected chi connectivity index (χ2v) is 8.38. The third-order valence-electron chi connectivity index (χ3n) is 6.18. The van der Waals surface area contributed by atoms with Crippen LogP contribution in [0.3, 0.4) is 0 Å². The molecule has 0 bridgehead atoms. The summed E-state index contributed by atoms with van der Waals surface area (Å²) in [5, 5.41) is 9.04. The quantitative estimate of drug-likeness (QED) is 0.532. The fourth-order valence-electron chi connectivity index (χ4n) is 4.34. The van der Waals surface area contributed by atoms with Crippen LogP contribution in [0.4, 0.5) is 5.69 Å². The van der Waals surface area contributed by atoms with Gasteiger partial charge in [0.1, 0.15) is 6.04 Å². The summed E-state index contributed by atoms with van der Waals surface area (Å²) in [4.78, 5) is 42.7. The molecule has 8 heteroatoms. The molecule has 1 unspecified atom stereocenters. The molecule has 3 aromatic carbocycles. The predicted molar refractivity (Wildman–Crippen MR) is 126 cm³/mol. The van der Waals surface area contributed by atoms with E-state index in [0.29, 0.717) is 28.3 Å². The minimum atomic E-state index is -0.976. The van der Waals surface area contributed by atoms with Crippen LogP contribution >= 0.6 is 0 Å². The van der Waals surface area contributed by atoms with Crippen LogP contribution in [0.1, 0.15) is 33.5 Å². The number of benzene rings is 3. The van der Waals surface area contributed by atoms with Gasteiger partial charge >= 0.3 is 0 Å². The van der Waals surface area contributed by atoms with Crippen molar-refractivity contribution in [1.82, 2.24) is 4.90 Å².